The lowest BCUT2D eigenvalue weighted by molar-refractivity contribution is 0.608. The molecule has 16 heavy (non-hydrogen) atoms. The van der Waals surface area contributed by atoms with E-state index in [1.807, 2.05) is 12.3 Å². The Kier molecular flexibility index (Phi) is 5.46. The van der Waals surface area contributed by atoms with Crippen molar-refractivity contribution in [3.8, 4) is 0 Å². The second-order valence-electron chi connectivity index (χ2n) is 3.67. The molecule has 0 aromatic heterocycles. The molecule has 1 aromatic rings. The van der Waals surface area contributed by atoms with Crippen LogP contribution < -0.4 is 0 Å². The van der Waals surface area contributed by atoms with E-state index in [4.69, 9.17) is 0 Å². The van der Waals surface area contributed by atoms with Crippen LogP contribution in [0.2, 0.25) is 0 Å². The summed E-state index contributed by atoms with van der Waals surface area (Å²) in [5, 5.41) is 0. The van der Waals surface area contributed by atoms with Gasteiger partial charge >= 0.3 is 0 Å². The summed E-state index contributed by atoms with van der Waals surface area (Å²) < 4.78 is 12.4. The van der Waals surface area contributed by atoms with Crippen molar-refractivity contribution in [2.24, 2.45) is 0 Å². The molecule has 0 aliphatic carbocycles. The molecule has 0 aliphatic rings. The molecule has 0 spiro atoms. The Hall–Kier alpha value is -0.380. The van der Waals surface area contributed by atoms with E-state index >= 15 is 0 Å². The Bertz CT molecular complexity index is 384. The zero-order valence-corrected chi connectivity index (χ0v) is 11.9. The van der Waals surface area contributed by atoms with Crippen molar-refractivity contribution in [3.63, 3.8) is 0 Å². The zero-order valence-electron chi connectivity index (χ0n) is 10.2. The quantitative estimate of drug-likeness (QED) is 0.766. The van der Waals surface area contributed by atoms with Gasteiger partial charge < -0.3 is 4.55 Å². The molecule has 3 heteroatoms. The Balaban J connectivity index is 3.05. The normalized spacial score (nSPS) is 13.9. The van der Waals surface area contributed by atoms with Crippen LogP contribution in [-0.4, -0.2) is 17.1 Å². The van der Waals surface area contributed by atoms with Gasteiger partial charge in [0.2, 0.25) is 0 Å². The van der Waals surface area contributed by atoms with Gasteiger partial charge in [-0.1, -0.05) is 36.9 Å². The summed E-state index contributed by atoms with van der Waals surface area (Å²) in [6.07, 6.45) is 6.76. The lowest BCUT2D eigenvalue weighted by atomic mass is 10.0. The fraction of sp³-hybridized carbons (Fsp3) is 0.385. The minimum absolute atomic E-state index is 0.895. The molecule has 0 saturated heterocycles. The van der Waals surface area contributed by atoms with E-state index in [1.54, 1.807) is 18.0 Å². The van der Waals surface area contributed by atoms with Crippen molar-refractivity contribution in [2.75, 3.05) is 12.5 Å². The van der Waals surface area contributed by atoms with E-state index < -0.39 is 11.2 Å². The Morgan fingerprint density at radius 1 is 1.50 bits per heavy atom. The molecule has 1 rings (SSSR count). The van der Waals surface area contributed by atoms with Gasteiger partial charge in [0, 0.05) is 6.08 Å². The molecular formula is C13H18OS2. The maximum atomic E-state index is 11.4. The summed E-state index contributed by atoms with van der Waals surface area (Å²) >= 11 is 0.657. The van der Waals surface area contributed by atoms with Gasteiger partial charge in [0.1, 0.15) is 6.26 Å². The first kappa shape index (κ1) is 13.7. The fourth-order valence-corrected chi connectivity index (χ4v) is 2.98. The fourth-order valence-electron chi connectivity index (χ4n) is 1.51. The summed E-state index contributed by atoms with van der Waals surface area (Å²) in [5.41, 5.74) is 3.76. The van der Waals surface area contributed by atoms with Crippen molar-refractivity contribution >= 4 is 29.0 Å². The van der Waals surface area contributed by atoms with Crippen LogP contribution in [0, 0.1) is 6.92 Å². The average molecular weight is 254 g/mol. The third kappa shape index (κ3) is 3.58. The van der Waals surface area contributed by atoms with Gasteiger partial charge in [-0.05, 0) is 47.5 Å². The van der Waals surface area contributed by atoms with Gasteiger partial charge in [-0.3, -0.25) is 0 Å². The Morgan fingerprint density at radius 3 is 2.62 bits per heavy atom. The maximum Gasteiger partial charge on any atom is 0.186 e. The van der Waals surface area contributed by atoms with Crippen molar-refractivity contribution < 1.29 is 4.55 Å². The van der Waals surface area contributed by atoms with E-state index in [9.17, 15) is 4.55 Å². The van der Waals surface area contributed by atoms with Crippen LogP contribution >= 0.6 is 11.8 Å². The van der Waals surface area contributed by atoms with Crippen LogP contribution in [0.15, 0.2) is 22.4 Å². The molecule has 1 atom stereocenters. The topological polar surface area (TPSA) is 23.1 Å². The smallest absolute Gasteiger partial charge is 0.186 e. The predicted molar refractivity (Wildman–Crippen MR) is 76.1 cm³/mol. The second-order valence-corrected chi connectivity index (χ2v) is 6.12. The standard InChI is InChI=1S/C13H18OS2/c1-5-11-6-7-12(10(2)8-11)9-13(15-3)16(4)14/h6-9H,5H2,1-4H3/b13-9+. The number of benzene rings is 1. The van der Waals surface area contributed by atoms with E-state index in [1.165, 1.54) is 11.1 Å². The van der Waals surface area contributed by atoms with Gasteiger partial charge in [-0.2, -0.15) is 0 Å². The third-order valence-electron chi connectivity index (χ3n) is 2.50. The highest BCUT2D eigenvalue weighted by atomic mass is 32.3. The highest BCUT2D eigenvalue weighted by Gasteiger charge is 2.08. The van der Waals surface area contributed by atoms with Crippen molar-refractivity contribution in [1.29, 1.82) is 0 Å². The molecule has 1 unspecified atom stereocenters. The molecule has 0 fully saturated rings. The molecule has 1 nitrogen and oxygen atoms in total. The van der Waals surface area contributed by atoms with Gasteiger partial charge in [-0.25, -0.2) is 0 Å². The molecular weight excluding hydrogens is 236 g/mol. The SMILES string of the molecule is CCc1ccc(/C=C(\SC)[S+](C)[O-])c(C)c1. The largest absolute Gasteiger partial charge is 0.611 e. The van der Waals surface area contributed by atoms with Gasteiger partial charge in [0.15, 0.2) is 4.24 Å². The highest BCUT2D eigenvalue weighted by Crippen LogP contribution is 2.23. The van der Waals surface area contributed by atoms with Crippen LogP contribution in [0.1, 0.15) is 23.6 Å². The Labute approximate surface area is 106 Å². The molecule has 0 amide bonds. The number of hydrogen-bond donors (Lipinski definition) is 0. The van der Waals surface area contributed by atoms with Crippen LogP contribution in [0.5, 0.6) is 0 Å². The first-order chi connectivity index (χ1) is 7.58. The lowest BCUT2D eigenvalue weighted by Crippen LogP contribution is -1.97. The maximum absolute atomic E-state index is 11.4. The van der Waals surface area contributed by atoms with Crippen molar-refractivity contribution in [1.82, 2.24) is 0 Å². The minimum Gasteiger partial charge on any atom is -0.611 e. The summed E-state index contributed by atoms with van der Waals surface area (Å²) in [6.45, 7) is 4.25. The third-order valence-corrected chi connectivity index (χ3v) is 4.91. The number of thioether (sulfide) groups is 1. The van der Waals surface area contributed by atoms with Crippen LogP contribution in [0.25, 0.3) is 6.08 Å². The molecule has 0 bridgehead atoms. The first-order valence-electron chi connectivity index (χ1n) is 5.27. The molecule has 0 aliphatic heterocycles. The number of hydrogen-bond acceptors (Lipinski definition) is 2. The summed E-state index contributed by atoms with van der Waals surface area (Å²) in [4.78, 5) is 0. The first-order valence-corrected chi connectivity index (χ1v) is 8.05. The zero-order chi connectivity index (χ0) is 12.1. The van der Waals surface area contributed by atoms with E-state index in [0.29, 0.717) is 0 Å². The highest BCUT2D eigenvalue weighted by molar-refractivity contribution is 8.18. The van der Waals surface area contributed by atoms with Crippen molar-refractivity contribution in [2.45, 2.75) is 20.3 Å². The molecule has 0 N–H and O–H groups in total. The molecule has 0 saturated carbocycles. The summed E-state index contributed by atoms with van der Waals surface area (Å²) in [7, 11) is 0. The number of rotatable bonds is 4. The van der Waals surface area contributed by atoms with E-state index in [0.717, 1.165) is 16.2 Å². The molecule has 1 aromatic carbocycles. The second kappa shape index (κ2) is 6.38. The molecule has 88 valence electrons. The summed E-state index contributed by atoms with van der Waals surface area (Å²) in [6, 6.07) is 6.44. The van der Waals surface area contributed by atoms with Gasteiger partial charge in [0.25, 0.3) is 0 Å². The minimum atomic E-state index is -0.895. The van der Waals surface area contributed by atoms with Crippen LogP contribution in [0.3, 0.4) is 0 Å². The monoisotopic (exact) mass is 254 g/mol. The van der Waals surface area contributed by atoms with Gasteiger partial charge in [0.05, 0.1) is 0 Å². The van der Waals surface area contributed by atoms with E-state index in [-0.39, 0.29) is 0 Å². The van der Waals surface area contributed by atoms with E-state index in [2.05, 4.69) is 32.0 Å². The lowest BCUT2D eigenvalue weighted by Gasteiger charge is -2.08. The van der Waals surface area contributed by atoms with Crippen molar-refractivity contribution in [3.05, 3.63) is 39.1 Å². The predicted octanol–water partition coefficient (Wildman–Crippen LogP) is 3.60. The number of aryl methyl sites for hydroxylation is 2. The molecule has 0 radical (unpaired) electrons. The van der Waals surface area contributed by atoms with Crippen LogP contribution in [0.4, 0.5) is 0 Å². The average Bonchev–Trinajstić information content (AvgIpc) is 2.26. The van der Waals surface area contributed by atoms with Gasteiger partial charge in [-0.15, -0.1) is 0 Å². The Morgan fingerprint density at radius 2 is 2.19 bits per heavy atom. The summed E-state index contributed by atoms with van der Waals surface area (Å²) in [5.74, 6) is 0. The molecule has 0 heterocycles. The van der Waals surface area contributed by atoms with Crippen LogP contribution in [-0.2, 0) is 17.6 Å².